The number of hydrogen-bond acceptors (Lipinski definition) is 3. The van der Waals surface area contributed by atoms with Crippen molar-refractivity contribution in [2.75, 3.05) is 5.32 Å². The number of hydrogen-bond donors (Lipinski definition) is 1. The molecule has 22 heavy (non-hydrogen) atoms. The van der Waals surface area contributed by atoms with Crippen molar-refractivity contribution in [2.24, 2.45) is 0 Å². The Bertz CT molecular complexity index is 812. The van der Waals surface area contributed by atoms with Crippen LogP contribution in [0.5, 0.6) is 0 Å². The first-order valence-electron chi connectivity index (χ1n) is 7.32. The highest BCUT2D eigenvalue weighted by atomic mass is 32.1. The largest absolute Gasteiger partial charge is 0.346 e. The van der Waals surface area contributed by atoms with Gasteiger partial charge in [-0.15, -0.1) is 0 Å². The first-order valence-corrected chi connectivity index (χ1v) is 8.14. The summed E-state index contributed by atoms with van der Waals surface area (Å²) in [5.74, 6) is -0.0981. The van der Waals surface area contributed by atoms with E-state index in [1.165, 1.54) is 11.3 Å². The molecule has 114 valence electrons. The molecular formula is C17H19N3OS. The number of benzene rings is 1. The molecule has 0 spiro atoms. The van der Waals surface area contributed by atoms with Crippen molar-refractivity contribution < 1.29 is 4.79 Å². The standard InChI is InChI=1S/C17H19N3OS/c1-10(2)20-11(3)9-13(12(20)4)16(21)19-17-18-14-7-5-6-8-15(14)22-17/h5-10H,1-4H3,(H,18,19,21). The second-order valence-electron chi connectivity index (χ2n) is 5.69. The number of aryl methyl sites for hydroxylation is 1. The van der Waals surface area contributed by atoms with Crippen LogP contribution in [0.15, 0.2) is 30.3 Å². The highest BCUT2D eigenvalue weighted by Gasteiger charge is 2.18. The molecule has 0 aliphatic rings. The fourth-order valence-electron chi connectivity index (χ4n) is 2.89. The van der Waals surface area contributed by atoms with Crippen LogP contribution in [0.3, 0.4) is 0 Å². The van der Waals surface area contributed by atoms with E-state index in [1.54, 1.807) is 0 Å². The second kappa shape index (κ2) is 5.57. The van der Waals surface area contributed by atoms with Crippen LogP contribution in [0, 0.1) is 13.8 Å². The van der Waals surface area contributed by atoms with Crippen molar-refractivity contribution in [1.82, 2.24) is 9.55 Å². The molecular weight excluding hydrogens is 294 g/mol. The SMILES string of the molecule is Cc1cc(C(=O)Nc2nc3ccccc3s2)c(C)n1C(C)C. The zero-order valence-corrected chi connectivity index (χ0v) is 14.0. The summed E-state index contributed by atoms with van der Waals surface area (Å²) in [6.45, 7) is 8.26. The summed E-state index contributed by atoms with van der Waals surface area (Å²) in [5.41, 5.74) is 3.72. The summed E-state index contributed by atoms with van der Waals surface area (Å²) >= 11 is 1.49. The molecule has 3 aromatic rings. The number of para-hydroxylation sites is 1. The van der Waals surface area contributed by atoms with Gasteiger partial charge >= 0.3 is 0 Å². The van der Waals surface area contributed by atoms with Crippen LogP contribution in [0.2, 0.25) is 0 Å². The second-order valence-corrected chi connectivity index (χ2v) is 6.72. The van der Waals surface area contributed by atoms with Gasteiger partial charge in [0.15, 0.2) is 5.13 Å². The molecule has 0 aliphatic carbocycles. The fraction of sp³-hybridized carbons (Fsp3) is 0.294. The minimum absolute atomic E-state index is 0.0981. The van der Waals surface area contributed by atoms with Gasteiger partial charge in [0, 0.05) is 17.4 Å². The third-order valence-electron chi connectivity index (χ3n) is 3.76. The number of carbonyl (C=O) groups is 1. The van der Waals surface area contributed by atoms with Crippen molar-refractivity contribution in [3.8, 4) is 0 Å². The molecule has 0 atom stereocenters. The quantitative estimate of drug-likeness (QED) is 0.771. The van der Waals surface area contributed by atoms with E-state index in [0.717, 1.165) is 21.6 Å². The Morgan fingerprint density at radius 2 is 2.00 bits per heavy atom. The number of carbonyl (C=O) groups excluding carboxylic acids is 1. The van der Waals surface area contributed by atoms with Crippen LogP contribution >= 0.6 is 11.3 Å². The Labute approximate surface area is 133 Å². The number of thiazole rings is 1. The molecule has 0 bridgehead atoms. The van der Waals surface area contributed by atoms with Crippen LogP contribution in [-0.4, -0.2) is 15.5 Å². The number of nitrogens with one attached hydrogen (secondary N) is 1. The summed E-state index contributed by atoms with van der Waals surface area (Å²) in [4.78, 5) is 17.0. The Morgan fingerprint density at radius 3 is 2.64 bits per heavy atom. The highest BCUT2D eigenvalue weighted by molar-refractivity contribution is 7.22. The van der Waals surface area contributed by atoms with Gasteiger partial charge in [0.05, 0.1) is 15.8 Å². The Balaban J connectivity index is 1.90. The number of nitrogens with zero attached hydrogens (tertiary/aromatic N) is 2. The predicted molar refractivity (Wildman–Crippen MR) is 91.9 cm³/mol. The molecule has 2 heterocycles. The molecule has 1 aromatic carbocycles. The van der Waals surface area contributed by atoms with E-state index in [2.05, 4.69) is 28.7 Å². The Hall–Kier alpha value is -2.14. The van der Waals surface area contributed by atoms with E-state index in [0.29, 0.717) is 16.7 Å². The van der Waals surface area contributed by atoms with E-state index >= 15 is 0 Å². The predicted octanol–water partition coefficient (Wildman–Crippen LogP) is 4.55. The third-order valence-corrected chi connectivity index (χ3v) is 4.71. The first-order chi connectivity index (χ1) is 10.5. The van der Waals surface area contributed by atoms with Crippen LogP contribution < -0.4 is 5.32 Å². The Kier molecular flexibility index (Phi) is 3.74. The lowest BCUT2D eigenvalue weighted by Crippen LogP contribution is -2.13. The van der Waals surface area contributed by atoms with E-state index in [-0.39, 0.29) is 5.91 Å². The molecule has 1 N–H and O–H groups in total. The molecule has 4 nitrogen and oxygen atoms in total. The lowest BCUT2D eigenvalue weighted by atomic mass is 10.2. The van der Waals surface area contributed by atoms with Crippen molar-refractivity contribution >= 4 is 32.6 Å². The average molecular weight is 313 g/mol. The summed E-state index contributed by atoms with van der Waals surface area (Å²) in [7, 11) is 0. The van der Waals surface area contributed by atoms with Gasteiger partial charge in [-0.3, -0.25) is 10.1 Å². The summed E-state index contributed by atoms with van der Waals surface area (Å²) in [6, 6.07) is 10.2. The minimum atomic E-state index is -0.0981. The van der Waals surface area contributed by atoms with Gasteiger partial charge in [-0.25, -0.2) is 4.98 Å². The van der Waals surface area contributed by atoms with Gasteiger partial charge in [-0.2, -0.15) is 0 Å². The van der Waals surface area contributed by atoms with Gasteiger partial charge in [0.25, 0.3) is 5.91 Å². The number of fused-ring (bicyclic) bond motifs is 1. The number of aromatic nitrogens is 2. The monoisotopic (exact) mass is 313 g/mol. The van der Waals surface area contributed by atoms with Gasteiger partial charge in [0.1, 0.15) is 0 Å². The topological polar surface area (TPSA) is 46.9 Å². The highest BCUT2D eigenvalue weighted by Crippen LogP contribution is 2.27. The average Bonchev–Trinajstić information content (AvgIpc) is 2.98. The smallest absolute Gasteiger partial charge is 0.259 e. The molecule has 1 amide bonds. The maximum atomic E-state index is 12.5. The minimum Gasteiger partial charge on any atom is -0.346 e. The normalized spacial score (nSPS) is 11.3. The van der Waals surface area contributed by atoms with Crippen molar-refractivity contribution in [2.45, 2.75) is 33.7 Å². The molecule has 0 saturated heterocycles. The van der Waals surface area contributed by atoms with Crippen LogP contribution in [-0.2, 0) is 0 Å². The summed E-state index contributed by atoms with van der Waals surface area (Å²) in [5, 5.41) is 3.56. The van der Waals surface area contributed by atoms with Crippen molar-refractivity contribution in [3.63, 3.8) is 0 Å². The maximum Gasteiger partial charge on any atom is 0.259 e. The van der Waals surface area contributed by atoms with E-state index in [4.69, 9.17) is 0 Å². The Morgan fingerprint density at radius 1 is 1.27 bits per heavy atom. The maximum absolute atomic E-state index is 12.5. The number of rotatable bonds is 3. The molecule has 5 heteroatoms. The van der Waals surface area contributed by atoms with E-state index in [1.807, 2.05) is 44.2 Å². The molecule has 0 saturated carbocycles. The van der Waals surface area contributed by atoms with E-state index < -0.39 is 0 Å². The molecule has 0 radical (unpaired) electrons. The molecule has 0 fully saturated rings. The fourth-order valence-corrected chi connectivity index (χ4v) is 3.75. The lowest BCUT2D eigenvalue weighted by molar-refractivity contribution is 0.102. The zero-order chi connectivity index (χ0) is 15.9. The number of anilines is 1. The van der Waals surface area contributed by atoms with Crippen molar-refractivity contribution in [3.05, 3.63) is 47.3 Å². The van der Waals surface area contributed by atoms with Crippen molar-refractivity contribution in [1.29, 1.82) is 0 Å². The van der Waals surface area contributed by atoms with Gasteiger partial charge in [0.2, 0.25) is 0 Å². The molecule has 0 aliphatic heterocycles. The molecule has 3 rings (SSSR count). The molecule has 2 aromatic heterocycles. The summed E-state index contributed by atoms with van der Waals surface area (Å²) < 4.78 is 3.25. The van der Waals surface area contributed by atoms with E-state index in [9.17, 15) is 4.79 Å². The zero-order valence-electron chi connectivity index (χ0n) is 13.2. The van der Waals surface area contributed by atoms with Crippen LogP contribution in [0.4, 0.5) is 5.13 Å². The third kappa shape index (κ3) is 2.52. The summed E-state index contributed by atoms with van der Waals surface area (Å²) in [6.07, 6.45) is 0. The van der Waals surface area contributed by atoms with Crippen LogP contribution in [0.25, 0.3) is 10.2 Å². The van der Waals surface area contributed by atoms with Gasteiger partial charge in [-0.05, 0) is 45.9 Å². The number of amides is 1. The van der Waals surface area contributed by atoms with Gasteiger partial charge < -0.3 is 4.57 Å². The van der Waals surface area contributed by atoms with Crippen LogP contribution in [0.1, 0.15) is 41.6 Å². The molecule has 0 unspecified atom stereocenters. The van der Waals surface area contributed by atoms with Gasteiger partial charge in [-0.1, -0.05) is 23.5 Å². The lowest BCUT2D eigenvalue weighted by Gasteiger charge is -2.13. The first kappa shape index (κ1) is 14.8.